The molecule has 2 aromatic rings. The molecule has 0 aliphatic carbocycles. The zero-order valence-electron chi connectivity index (χ0n) is 11.1. The van der Waals surface area contributed by atoms with E-state index in [2.05, 4.69) is 31.0 Å². The highest BCUT2D eigenvalue weighted by Crippen LogP contribution is 2.22. The minimum atomic E-state index is 0.424. The fourth-order valence-corrected chi connectivity index (χ4v) is 3.40. The maximum absolute atomic E-state index is 6.10. The zero-order chi connectivity index (χ0) is 13.8. The lowest BCUT2D eigenvalue weighted by atomic mass is 9.98. The maximum atomic E-state index is 6.10. The molecule has 1 heterocycles. The van der Waals surface area contributed by atoms with Crippen LogP contribution in [0.4, 0.5) is 0 Å². The molecule has 2 rings (SSSR count). The Kier molecular flexibility index (Phi) is 5.26. The Morgan fingerprint density at radius 3 is 2.37 bits per heavy atom. The normalized spacial score (nSPS) is 12.6. The quantitative estimate of drug-likeness (QED) is 0.703. The number of nitrogens with zero attached hydrogens (tertiary/aromatic N) is 1. The van der Waals surface area contributed by atoms with Crippen LogP contribution in [-0.2, 0) is 12.8 Å². The second-order valence-electron chi connectivity index (χ2n) is 4.80. The molecule has 0 aliphatic rings. The van der Waals surface area contributed by atoms with Crippen molar-refractivity contribution in [3.8, 4) is 0 Å². The molecule has 19 heavy (non-hydrogen) atoms. The smallest absolute Gasteiger partial charge is 0.0934 e. The molecule has 1 unspecified atom stereocenters. The second-order valence-corrected chi connectivity index (χ2v) is 6.84. The topological polar surface area (TPSA) is 12.9 Å². The number of halogens is 2. The van der Waals surface area contributed by atoms with Gasteiger partial charge in [-0.05, 0) is 43.9 Å². The molecule has 0 N–H and O–H groups in total. The minimum Gasteiger partial charge on any atom is -0.246 e. The van der Waals surface area contributed by atoms with Crippen LogP contribution in [0.2, 0.25) is 5.02 Å². The van der Waals surface area contributed by atoms with Gasteiger partial charge in [0.1, 0.15) is 0 Å². The van der Waals surface area contributed by atoms with Gasteiger partial charge in [-0.1, -0.05) is 23.7 Å². The molecule has 0 amide bonds. The fourth-order valence-electron chi connectivity index (χ4n) is 2.01. The van der Waals surface area contributed by atoms with Crippen LogP contribution in [0.5, 0.6) is 0 Å². The summed E-state index contributed by atoms with van der Waals surface area (Å²) in [6.45, 7) is 4.18. The summed E-state index contributed by atoms with van der Waals surface area (Å²) in [6.07, 6.45) is 1.92. The van der Waals surface area contributed by atoms with E-state index >= 15 is 0 Å². The van der Waals surface area contributed by atoms with Crippen molar-refractivity contribution >= 4 is 34.5 Å². The van der Waals surface area contributed by atoms with Crippen LogP contribution in [-0.4, -0.2) is 10.9 Å². The monoisotopic (exact) mass is 313 g/mol. The summed E-state index contributed by atoms with van der Waals surface area (Å²) >= 11 is 13.8. The van der Waals surface area contributed by atoms with Crippen molar-refractivity contribution in [3.05, 3.63) is 50.4 Å². The largest absolute Gasteiger partial charge is 0.246 e. The van der Waals surface area contributed by atoms with Gasteiger partial charge in [-0.15, -0.1) is 22.9 Å². The highest BCUT2D eigenvalue weighted by Gasteiger charge is 2.13. The maximum Gasteiger partial charge on any atom is 0.0934 e. The van der Waals surface area contributed by atoms with Crippen molar-refractivity contribution in [2.24, 2.45) is 5.92 Å². The molecule has 1 nitrogen and oxygen atoms in total. The molecule has 0 spiro atoms. The summed E-state index contributed by atoms with van der Waals surface area (Å²) in [4.78, 5) is 5.89. The summed E-state index contributed by atoms with van der Waals surface area (Å²) in [5.74, 6) is 1.08. The number of thiazole rings is 1. The van der Waals surface area contributed by atoms with E-state index in [4.69, 9.17) is 23.2 Å². The molecule has 4 heteroatoms. The molecule has 0 aliphatic heterocycles. The first-order valence-electron chi connectivity index (χ1n) is 6.31. The molecule has 1 aromatic heterocycles. The SMILES string of the molecule is Cc1nc(CC(CCl)Cc2ccc(Cl)cc2)sc1C. The van der Waals surface area contributed by atoms with Crippen LogP contribution in [0.1, 0.15) is 21.1 Å². The van der Waals surface area contributed by atoms with Crippen molar-refractivity contribution < 1.29 is 0 Å². The Labute approximate surface area is 128 Å². The van der Waals surface area contributed by atoms with E-state index in [0.717, 1.165) is 23.6 Å². The molecule has 102 valence electrons. The molecule has 0 bridgehead atoms. The van der Waals surface area contributed by atoms with E-state index in [1.54, 1.807) is 11.3 Å². The van der Waals surface area contributed by atoms with Gasteiger partial charge in [-0.3, -0.25) is 0 Å². The van der Waals surface area contributed by atoms with Gasteiger partial charge < -0.3 is 0 Å². The first-order valence-corrected chi connectivity index (χ1v) is 8.04. The van der Waals surface area contributed by atoms with Crippen LogP contribution in [0.25, 0.3) is 0 Å². The third-order valence-electron chi connectivity index (χ3n) is 3.19. The van der Waals surface area contributed by atoms with Crippen molar-refractivity contribution in [3.63, 3.8) is 0 Å². The van der Waals surface area contributed by atoms with Crippen LogP contribution in [0, 0.1) is 19.8 Å². The lowest BCUT2D eigenvalue weighted by molar-refractivity contribution is 0.581. The molecule has 1 aromatic carbocycles. The van der Waals surface area contributed by atoms with Crippen molar-refractivity contribution in [1.82, 2.24) is 4.98 Å². The Morgan fingerprint density at radius 1 is 1.16 bits per heavy atom. The number of aromatic nitrogens is 1. The number of hydrogen-bond donors (Lipinski definition) is 0. The van der Waals surface area contributed by atoms with E-state index in [0.29, 0.717) is 11.8 Å². The van der Waals surface area contributed by atoms with Crippen molar-refractivity contribution in [2.75, 3.05) is 5.88 Å². The third kappa shape index (κ3) is 4.20. The standard InChI is InChI=1S/C15H17Cl2NS/c1-10-11(2)19-15(18-10)8-13(9-16)7-12-3-5-14(17)6-4-12/h3-6,13H,7-9H2,1-2H3. The number of hydrogen-bond acceptors (Lipinski definition) is 2. The Balaban J connectivity index is 2.02. The third-order valence-corrected chi connectivity index (χ3v) is 4.98. The van der Waals surface area contributed by atoms with Crippen LogP contribution in [0.15, 0.2) is 24.3 Å². The highest BCUT2D eigenvalue weighted by atomic mass is 35.5. The Hall–Kier alpha value is -0.570. The molecule has 0 radical (unpaired) electrons. The predicted molar refractivity (Wildman–Crippen MR) is 84.7 cm³/mol. The molecule has 1 atom stereocenters. The summed E-state index contributed by atoms with van der Waals surface area (Å²) in [5.41, 5.74) is 2.42. The van der Waals surface area contributed by atoms with Gasteiger partial charge in [0.15, 0.2) is 0 Å². The summed E-state index contributed by atoms with van der Waals surface area (Å²) in [7, 11) is 0. The van der Waals surface area contributed by atoms with E-state index in [1.165, 1.54) is 15.4 Å². The van der Waals surface area contributed by atoms with Gasteiger partial charge in [0.2, 0.25) is 0 Å². The first-order chi connectivity index (χ1) is 9.08. The van der Waals surface area contributed by atoms with Gasteiger partial charge in [0, 0.05) is 22.2 Å². The molecule has 0 saturated carbocycles. The van der Waals surface area contributed by atoms with Crippen LogP contribution >= 0.6 is 34.5 Å². The molecular formula is C15H17Cl2NS. The predicted octanol–water partition coefficient (Wildman–Crippen LogP) is 5.05. The minimum absolute atomic E-state index is 0.424. The van der Waals surface area contributed by atoms with Crippen LogP contribution < -0.4 is 0 Å². The summed E-state index contributed by atoms with van der Waals surface area (Å²) < 4.78 is 0. The van der Waals surface area contributed by atoms with Gasteiger partial charge in [0.05, 0.1) is 10.7 Å². The molecule has 0 saturated heterocycles. The Morgan fingerprint density at radius 2 is 1.84 bits per heavy atom. The average Bonchev–Trinajstić information content (AvgIpc) is 2.70. The fraction of sp³-hybridized carbons (Fsp3) is 0.400. The van der Waals surface area contributed by atoms with Gasteiger partial charge in [-0.2, -0.15) is 0 Å². The number of benzene rings is 1. The van der Waals surface area contributed by atoms with Crippen molar-refractivity contribution in [2.45, 2.75) is 26.7 Å². The van der Waals surface area contributed by atoms with E-state index in [1.807, 2.05) is 12.1 Å². The molecular weight excluding hydrogens is 297 g/mol. The van der Waals surface area contributed by atoms with E-state index in [-0.39, 0.29) is 0 Å². The second kappa shape index (κ2) is 6.74. The van der Waals surface area contributed by atoms with Crippen LogP contribution in [0.3, 0.4) is 0 Å². The highest BCUT2D eigenvalue weighted by molar-refractivity contribution is 7.11. The first kappa shape index (κ1) is 14.8. The number of alkyl halides is 1. The summed E-state index contributed by atoms with van der Waals surface area (Å²) in [6, 6.07) is 8.00. The summed E-state index contributed by atoms with van der Waals surface area (Å²) in [5, 5.41) is 1.96. The number of rotatable bonds is 5. The van der Waals surface area contributed by atoms with Gasteiger partial charge in [-0.25, -0.2) is 4.98 Å². The van der Waals surface area contributed by atoms with Gasteiger partial charge >= 0.3 is 0 Å². The van der Waals surface area contributed by atoms with Gasteiger partial charge in [0.25, 0.3) is 0 Å². The van der Waals surface area contributed by atoms with E-state index < -0.39 is 0 Å². The van der Waals surface area contributed by atoms with E-state index in [9.17, 15) is 0 Å². The number of aryl methyl sites for hydroxylation is 2. The zero-order valence-corrected chi connectivity index (χ0v) is 13.4. The average molecular weight is 314 g/mol. The lowest BCUT2D eigenvalue weighted by Crippen LogP contribution is -2.10. The Bertz CT molecular complexity index is 514. The molecule has 0 fully saturated rings. The van der Waals surface area contributed by atoms with Crippen molar-refractivity contribution in [1.29, 1.82) is 0 Å². The lowest BCUT2D eigenvalue weighted by Gasteiger charge is -2.12.